The predicted molar refractivity (Wildman–Crippen MR) is 73.9 cm³/mol. The molecule has 2 aromatic rings. The molecule has 0 saturated heterocycles. The number of carbonyl (C=O) groups excluding carboxylic acids is 1. The van der Waals surface area contributed by atoms with Crippen LogP contribution in [0, 0.1) is 5.82 Å². The molecule has 2 rings (SSSR count). The van der Waals surface area contributed by atoms with Crippen molar-refractivity contribution in [2.45, 2.75) is 3.92 Å². The number of alkyl halides is 1. The maximum absolute atomic E-state index is 12.8. The van der Waals surface area contributed by atoms with Crippen LogP contribution >= 0.6 is 22.6 Å². The third kappa shape index (κ3) is 2.91. The van der Waals surface area contributed by atoms with E-state index in [1.54, 1.807) is 0 Å². The quantitative estimate of drug-likeness (QED) is 0.465. The highest BCUT2D eigenvalue weighted by Crippen LogP contribution is 2.27. The van der Waals surface area contributed by atoms with Gasteiger partial charge in [-0.05, 0) is 29.8 Å². The van der Waals surface area contributed by atoms with Gasteiger partial charge in [0.2, 0.25) is 0 Å². The van der Waals surface area contributed by atoms with E-state index < -0.39 is 0 Å². The van der Waals surface area contributed by atoms with Crippen molar-refractivity contribution in [3.63, 3.8) is 0 Å². The van der Waals surface area contributed by atoms with Crippen LogP contribution in [0.5, 0.6) is 0 Å². The Morgan fingerprint density at radius 3 is 2.18 bits per heavy atom. The smallest absolute Gasteiger partial charge is 0.180 e. The molecule has 0 heterocycles. The zero-order valence-corrected chi connectivity index (χ0v) is 11.1. The maximum Gasteiger partial charge on any atom is 0.180 e. The second-order valence-corrected chi connectivity index (χ2v) is 4.89. The van der Waals surface area contributed by atoms with Gasteiger partial charge in [-0.3, -0.25) is 4.79 Å². The Bertz CT molecular complexity index is 508. The number of hydrogen-bond acceptors (Lipinski definition) is 1. The lowest BCUT2D eigenvalue weighted by atomic mass is 10.0. The van der Waals surface area contributed by atoms with Crippen molar-refractivity contribution in [1.29, 1.82) is 0 Å². The first-order chi connectivity index (χ1) is 8.18. The largest absolute Gasteiger partial charge is 0.293 e. The minimum Gasteiger partial charge on any atom is -0.293 e. The van der Waals surface area contributed by atoms with Gasteiger partial charge in [-0.15, -0.1) is 0 Å². The van der Waals surface area contributed by atoms with Gasteiger partial charge < -0.3 is 0 Å². The molecule has 0 aliphatic heterocycles. The highest BCUT2D eigenvalue weighted by molar-refractivity contribution is 14.1. The number of halogens is 2. The van der Waals surface area contributed by atoms with Gasteiger partial charge in [0.15, 0.2) is 5.78 Å². The molecule has 86 valence electrons. The van der Waals surface area contributed by atoms with E-state index in [9.17, 15) is 9.18 Å². The summed E-state index contributed by atoms with van der Waals surface area (Å²) in [5.41, 5.74) is 1.50. The molecule has 1 nitrogen and oxygen atoms in total. The molecule has 0 spiro atoms. The lowest BCUT2D eigenvalue weighted by Gasteiger charge is -2.09. The van der Waals surface area contributed by atoms with E-state index in [1.165, 1.54) is 24.3 Å². The molecule has 0 saturated carbocycles. The number of ketones is 1. The summed E-state index contributed by atoms with van der Waals surface area (Å²) in [6, 6.07) is 15.2. The predicted octanol–water partition coefficient (Wildman–Crippen LogP) is 4.18. The molecule has 1 atom stereocenters. The number of hydrogen-bond donors (Lipinski definition) is 0. The maximum atomic E-state index is 12.8. The fraction of sp³-hybridized carbons (Fsp3) is 0.0714. The molecule has 2 aromatic carbocycles. The minimum absolute atomic E-state index is 0.00296. The molecular weight excluding hydrogens is 330 g/mol. The van der Waals surface area contributed by atoms with Crippen LogP contribution in [0.15, 0.2) is 54.6 Å². The molecule has 0 fully saturated rings. The van der Waals surface area contributed by atoms with Gasteiger partial charge >= 0.3 is 0 Å². The number of rotatable bonds is 3. The van der Waals surface area contributed by atoms with Crippen molar-refractivity contribution in [2.24, 2.45) is 0 Å². The molecule has 0 aliphatic carbocycles. The van der Waals surface area contributed by atoms with Crippen LogP contribution in [0.25, 0.3) is 0 Å². The summed E-state index contributed by atoms with van der Waals surface area (Å²) < 4.78 is 12.5. The molecule has 0 N–H and O–H groups in total. The highest BCUT2D eigenvalue weighted by atomic mass is 127. The summed E-state index contributed by atoms with van der Waals surface area (Å²) in [6.07, 6.45) is 0. The van der Waals surface area contributed by atoms with E-state index in [0.29, 0.717) is 5.56 Å². The molecule has 0 amide bonds. The topological polar surface area (TPSA) is 17.1 Å². The highest BCUT2D eigenvalue weighted by Gasteiger charge is 2.18. The number of Topliss-reactive ketones (excluding diaryl/α,β-unsaturated/α-hetero) is 1. The molecule has 17 heavy (non-hydrogen) atoms. The second-order valence-electron chi connectivity index (χ2n) is 3.64. The normalized spacial score (nSPS) is 12.1. The van der Waals surface area contributed by atoms with Crippen molar-refractivity contribution in [3.05, 3.63) is 71.5 Å². The van der Waals surface area contributed by atoms with Gasteiger partial charge in [-0.1, -0.05) is 52.9 Å². The van der Waals surface area contributed by atoms with Gasteiger partial charge in [0, 0.05) is 5.56 Å². The third-order valence-electron chi connectivity index (χ3n) is 2.45. The van der Waals surface area contributed by atoms with Gasteiger partial charge in [-0.2, -0.15) is 0 Å². The Balaban J connectivity index is 2.23. The zero-order chi connectivity index (χ0) is 12.3. The Kier molecular flexibility index (Phi) is 3.89. The Hall–Kier alpha value is -1.23. The fourth-order valence-electron chi connectivity index (χ4n) is 1.53. The summed E-state index contributed by atoms with van der Waals surface area (Å²) in [4.78, 5) is 12.1. The summed E-state index contributed by atoms with van der Waals surface area (Å²) in [5, 5.41) is 0. The van der Waals surface area contributed by atoms with Crippen LogP contribution in [0.2, 0.25) is 0 Å². The van der Waals surface area contributed by atoms with Crippen molar-refractivity contribution in [2.75, 3.05) is 0 Å². The second kappa shape index (κ2) is 5.40. The van der Waals surface area contributed by atoms with Gasteiger partial charge in [-0.25, -0.2) is 4.39 Å². The van der Waals surface area contributed by atoms with E-state index in [2.05, 4.69) is 22.6 Å². The third-order valence-corrected chi connectivity index (χ3v) is 3.74. The lowest BCUT2D eigenvalue weighted by Crippen LogP contribution is -2.06. The zero-order valence-electron chi connectivity index (χ0n) is 8.94. The van der Waals surface area contributed by atoms with E-state index >= 15 is 0 Å². The van der Waals surface area contributed by atoms with Gasteiger partial charge in [0.25, 0.3) is 0 Å². The van der Waals surface area contributed by atoms with E-state index in [-0.39, 0.29) is 15.5 Å². The molecule has 0 radical (unpaired) electrons. The van der Waals surface area contributed by atoms with Crippen molar-refractivity contribution < 1.29 is 9.18 Å². The Morgan fingerprint density at radius 1 is 1.00 bits per heavy atom. The molecule has 1 unspecified atom stereocenters. The Morgan fingerprint density at radius 2 is 1.59 bits per heavy atom. The average Bonchev–Trinajstić information content (AvgIpc) is 2.39. The van der Waals surface area contributed by atoms with Crippen LogP contribution < -0.4 is 0 Å². The first-order valence-electron chi connectivity index (χ1n) is 5.17. The Labute approximate surface area is 113 Å². The average molecular weight is 340 g/mol. The summed E-state index contributed by atoms with van der Waals surface area (Å²) in [7, 11) is 0. The molecule has 3 heteroatoms. The molecule has 0 aliphatic rings. The molecule has 0 aromatic heterocycles. The van der Waals surface area contributed by atoms with Crippen LogP contribution in [-0.2, 0) is 0 Å². The molecule has 0 bridgehead atoms. The SMILES string of the molecule is O=C(c1ccc(F)cc1)C(I)c1ccccc1. The number of benzene rings is 2. The monoisotopic (exact) mass is 340 g/mol. The first kappa shape index (κ1) is 12.2. The van der Waals surface area contributed by atoms with E-state index in [4.69, 9.17) is 0 Å². The van der Waals surface area contributed by atoms with Gasteiger partial charge in [0.1, 0.15) is 5.82 Å². The summed E-state index contributed by atoms with van der Waals surface area (Å²) >= 11 is 2.10. The van der Waals surface area contributed by atoms with Crippen LogP contribution in [0.4, 0.5) is 4.39 Å². The van der Waals surface area contributed by atoms with E-state index in [1.807, 2.05) is 30.3 Å². The number of carbonyl (C=O) groups is 1. The lowest BCUT2D eigenvalue weighted by molar-refractivity contribution is 0.0994. The van der Waals surface area contributed by atoms with E-state index in [0.717, 1.165) is 5.56 Å². The van der Waals surface area contributed by atoms with Crippen LogP contribution in [-0.4, -0.2) is 5.78 Å². The standard InChI is InChI=1S/C14H10FIO/c15-12-8-6-11(7-9-12)14(17)13(16)10-4-2-1-3-5-10/h1-9,13H. The molecular formula is C14H10FIO. The van der Waals surface area contributed by atoms with Crippen molar-refractivity contribution in [3.8, 4) is 0 Å². The van der Waals surface area contributed by atoms with Crippen LogP contribution in [0.3, 0.4) is 0 Å². The first-order valence-corrected chi connectivity index (χ1v) is 6.42. The fourth-order valence-corrected chi connectivity index (χ4v) is 2.31. The van der Waals surface area contributed by atoms with Crippen molar-refractivity contribution >= 4 is 28.4 Å². The summed E-state index contributed by atoms with van der Waals surface area (Å²) in [6.45, 7) is 0. The van der Waals surface area contributed by atoms with Crippen LogP contribution in [0.1, 0.15) is 19.8 Å². The van der Waals surface area contributed by atoms with Crippen molar-refractivity contribution in [1.82, 2.24) is 0 Å². The minimum atomic E-state index is -0.328. The summed E-state index contributed by atoms with van der Waals surface area (Å²) in [5.74, 6) is -0.330. The van der Waals surface area contributed by atoms with Gasteiger partial charge in [0.05, 0.1) is 3.92 Å².